The third kappa shape index (κ3) is 9.81. The molecule has 0 aliphatic heterocycles. The lowest BCUT2D eigenvalue weighted by Gasteiger charge is -2.27. The van der Waals surface area contributed by atoms with Gasteiger partial charge in [-0.1, -0.05) is 77.3 Å². The fourth-order valence-corrected chi connectivity index (χ4v) is 3.98. The van der Waals surface area contributed by atoms with Crippen LogP contribution in [0.4, 0.5) is 4.79 Å². The first kappa shape index (κ1) is 23.5. The smallest absolute Gasteiger partial charge is 0.407 e. The van der Waals surface area contributed by atoms with Crippen molar-refractivity contribution in [3.05, 3.63) is 35.9 Å². The van der Waals surface area contributed by atoms with Gasteiger partial charge in [-0.3, -0.25) is 0 Å². The highest BCUT2D eigenvalue weighted by molar-refractivity contribution is 5.67. The summed E-state index contributed by atoms with van der Waals surface area (Å²) in [6, 6.07) is 10.5. The monoisotopic (exact) mass is 376 g/mol. The van der Waals surface area contributed by atoms with Gasteiger partial charge in [-0.05, 0) is 43.1 Å². The van der Waals surface area contributed by atoms with E-state index in [1.165, 1.54) is 38.5 Å². The van der Waals surface area contributed by atoms with Crippen LogP contribution in [-0.2, 0) is 11.3 Å². The molecule has 3 N–H and O–H groups in total. The van der Waals surface area contributed by atoms with Gasteiger partial charge in [-0.15, -0.1) is 0 Å². The summed E-state index contributed by atoms with van der Waals surface area (Å²) in [4.78, 5) is 11.7. The summed E-state index contributed by atoms with van der Waals surface area (Å²) in [5.41, 5.74) is 6.74. The van der Waals surface area contributed by atoms with Crippen molar-refractivity contribution in [3.63, 3.8) is 0 Å². The summed E-state index contributed by atoms with van der Waals surface area (Å²) >= 11 is 0. The number of rotatable bonds is 3. The molecule has 2 saturated carbocycles. The average molecular weight is 377 g/mol. The third-order valence-electron chi connectivity index (χ3n) is 5.45. The van der Waals surface area contributed by atoms with Crippen molar-refractivity contribution in [2.45, 2.75) is 91.3 Å². The molecule has 4 heteroatoms. The van der Waals surface area contributed by atoms with E-state index in [4.69, 9.17) is 10.5 Å². The van der Waals surface area contributed by atoms with Crippen LogP contribution in [0.3, 0.4) is 0 Å². The zero-order valence-electron chi connectivity index (χ0n) is 16.5. The molecule has 0 spiro atoms. The molecule has 0 unspecified atom stereocenters. The zero-order chi connectivity index (χ0) is 18.8. The van der Waals surface area contributed by atoms with Crippen molar-refractivity contribution in [1.82, 2.24) is 5.32 Å². The first-order chi connectivity index (χ1) is 12.5. The predicted octanol–water partition coefficient (Wildman–Crippen LogP) is 5.65. The number of benzene rings is 1. The highest BCUT2D eigenvalue weighted by atomic mass is 16.5. The molecule has 0 heterocycles. The summed E-state index contributed by atoms with van der Waals surface area (Å²) in [7, 11) is 0. The number of nitrogens with two attached hydrogens (primary N) is 1. The quantitative estimate of drug-likeness (QED) is 0.716. The Morgan fingerprint density at radius 1 is 1.04 bits per heavy atom. The van der Waals surface area contributed by atoms with Gasteiger partial charge in [0.05, 0.1) is 0 Å². The van der Waals surface area contributed by atoms with Crippen molar-refractivity contribution < 1.29 is 9.53 Å². The second-order valence-electron chi connectivity index (χ2n) is 8.21. The minimum absolute atomic E-state index is 0. The molecule has 0 bridgehead atoms. The fourth-order valence-electron chi connectivity index (χ4n) is 3.98. The van der Waals surface area contributed by atoms with Crippen LogP contribution < -0.4 is 11.1 Å². The molecule has 154 valence electrons. The molecule has 4 nitrogen and oxygen atoms in total. The van der Waals surface area contributed by atoms with Gasteiger partial charge in [-0.25, -0.2) is 4.79 Å². The Morgan fingerprint density at radius 2 is 1.67 bits per heavy atom. The van der Waals surface area contributed by atoms with Crippen molar-refractivity contribution in [2.75, 3.05) is 0 Å². The van der Waals surface area contributed by atoms with E-state index in [0.29, 0.717) is 18.6 Å². The number of ether oxygens (including phenoxy) is 1. The standard InChI is InChI=1S/C15H21NO2.C7H15N.CH4/c1-12-6-5-9-14(10-12)16-15(17)18-11-13-7-3-2-4-8-13;1-6-3-2-4-7(8)5-6;/h2-4,7-8,12,14H,5-6,9-11H2,1H3,(H,16,17);6-7H,2-5,8H2,1H3;1H4/t12-,14+;6-,7+;/m11./s1. The Bertz CT molecular complexity index is 512. The normalized spacial score (nSPS) is 27.4. The van der Waals surface area contributed by atoms with Crippen LogP contribution in [0.1, 0.15) is 78.2 Å². The topological polar surface area (TPSA) is 64.3 Å². The largest absolute Gasteiger partial charge is 0.445 e. The first-order valence-electron chi connectivity index (χ1n) is 10.3. The van der Waals surface area contributed by atoms with Gasteiger partial charge in [0, 0.05) is 12.1 Å². The summed E-state index contributed by atoms with van der Waals surface area (Å²) in [5.74, 6) is 1.59. The van der Waals surface area contributed by atoms with E-state index in [1.54, 1.807) is 0 Å². The lowest BCUT2D eigenvalue weighted by atomic mass is 9.87. The molecule has 1 amide bonds. The summed E-state index contributed by atoms with van der Waals surface area (Å²) < 4.78 is 5.22. The molecule has 0 radical (unpaired) electrons. The van der Waals surface area contributed by atoms with Gasteiger partial charge in [0.2, 0.25) is 0 Å². The molecule has 1 aromatic rings. The fraction of sp³-hybridized carbons (Fsp3) is 0.696. The van der Waals surface area contributed by atoms with E-state index in [-0.39, 0.29) is 19.6 Å². The van der Waals surface area contributed by atoms with Gasteiger partial charge in [0.15, 0.2) is 0 Å². The number of carbonyl (C=O) groups excluding carboxylic acids is 1. The molecule has 2 aliphatic carbocycles. The van der Waals surface area contributed by atoms with Gasteiger partial charge in [-0.2, -0.15) is 0 Å². The van der Waals surface area contributed by atoms with Crippen LogP contribution in [0.5, 0.6) is 0 Å². The Balaban J connectivity index is 0.000000342. The van der Waals surface area contributed by atoms with Gasteiger partial charge < -0.3 is 15.8 Å². The molecule has 1 aromatic carbocycles. The molecular formula is C23H40N2O2. The van der Waals surface area contributed by atoms with Crippen LogP contribution in [0.2, 0.25) is 0 Å². The number of hydrogen-bond donors (Lipinski definition) is 2. The lowest BCUT2D eigenvalue weighted by Crippen LogP contribution is -2.38. The molecular weight excluding hydrogens is 336 g/mol. The molecule has 27 heavy (non-hydrogen) atoms. The highest BCUT2D eigenvalue weighted by Gasteiger charge is 2.20. The van der Waals surface area contributed by atoms with Gasteiger partial charge >= 0.3 is 6.09 Å². The molecule has 2 fully saturated rings. The molecule has 3 rings (SSSR count). The van der Waals surface area contributed by atoms with E-state index < -0.39 is 0 Å². The van der Waals surface area contributed by atoms with Crippen LogP contribution >= 0.6 is 0 Å². The SMILES string of the molecule is C.C[C@@H]1CCC[C@H](N)C1.C[C@@H]1CCC[C@H](NC(=O)OCc2ccccc2)C1. The van der Waals surface area contributed by atoms with Crippen molar-refractivity contribution in [1.29, 1.82) is 0 Å². The second kappa shape index (κ2) is 12.8. The number of hydrogen-bond acceptors (Lipinski definition) is 3. The van der Waals surface area contributed by atoms with E-state index in [0.717, 1.165) is 24.3 Å². The van der Waals surface area contributed by atoms with Crippen LogP contribution in [0.25, 0.3) is 0 Å². The molecule has 0 aromatic heterocycles. The van der Waals surface area contributed by atoms with Gasteiger partial charge in [0.25, 0.3) is 0 Å². The maximum absolute atomic E-state index is 11.7. The summed E-state index contributed by atoms with van der Waals surface area (Å²) in [5, 5.41) is 2.96. The van der Waals surface area contributed by atoms with Crippen molar-refractivity contribution >= 4 is 6.09 Å². The Hall–Kier alpha value is -1.55. The van der Waals surface area contributed by atoms with Crippen LogP contribution in [-0.4, -0.2) is 18.2 Å². The predicted molar refractivity (Wildman–Crippen MR) is 114 cm³/mol. The Morgan fingerprint density at radius 3 is 2.22 bits per heavy atom. The van der Waals surface area contributed by atoms with E-state index in [1.807, 2.05) is 30.3 Å². The minimum Gasteiger partial charge on any atom is -0.445 e. The number of amides is 1. The number of alkyl carbamates (subject to hydrolysis) is 1. The summed E-state index contributed by atoms with van der Waals surface area (Å²) in [6.07, 6.45) is 9.58. The first-order valence-corrected chi connectivity index (χ1v) is 10.3. The number of nitrogens with one attached hydrogen (secondary N) is 1. The minimum atomic E-state index is -0.294. The highest BCUT2D eigenvalue weighted by Crippen LogP contribution is 2.23. The molecule has 0 saturated heterocycles. The maximum Gasteiger partial charge on any atom is 0.407 e. The van der Waals surface area contributed by atoms with Crippen molar-refractivity contribution in [2.24, 2.45) is 17.6 Å². The van der Waals surface area contributed by atoms with E-state index >= 15 is 0 Å². The second-order valence-corrected chi connectivity index (χ2v) is 8.21. The lowest BCUT2D eigenvalue weighted by molar-refractivity contribution is 0.131. The zero-order valence-corrected chi connectivity index (χ0v) is 16.5. The van der Waals surface area contributed by atoms with Gasteiger partial charge in [0.1, 0.15) is 6.61 Å². The number of carbonyl (C=O) groups is 1. The Kier molecular flexibility index (Phi) is 11.1. The van der Waals surface area contributed by atoms with Crippen LogP contribution in [0.15, 0.2) is 30.3 Å². The average Bonchev–Trinajstić information content (AvgIpc) is 2.61. The summed E-state index contributed by atoms with van der Waals surface area (Å²) in [6.45, 7) is 4.87. The van der Waals surface area contributed by atoms with E-state index in [2.05, 4.69) is 19.2 Å². The third-order valence-corrected chi connectivity index (χ3v) is 5.45. The Labute approximate surface area is 166 Å². The van der Waals surface area contributed by atoms with Crippen molar-refractivity contribution in [3.8, 4) is 0 Å². The van der Waals surface area contributed by atoms with E-state index in [9.17, 15) is 4.79 Å². The van der Waals surface area contributed by atoms with Crippen LogP contribution in [0, 0.1) is 11.8 Å². The molecule has 4 atom stereocenters. The molecule has 2 aliphatic rings. The maximum atomic E-state index is 11.7.